The van der Waals surface area contributed by atoms with Gasteiger partial charge >= 0.3 is 0 Å². The molecule has 1 aliphatic heterocycles. The maximum Gasteiger partial charge on any atom is 0.289 e. The van der Waals surface area contributed by atoms with Crippen LogP contribution in [-0.4, -0.2) is 39.3 Å². The molecule has 1 aromatic heterocycles. The highest BCUT2D eigenvalue weighted by Crippen LogP contribution is 2.26. The van der Waals surface area contributed by atoms with Crippen LogP contribution in [0.3, 0.4) is 0 Å². The number of carbonyl (C=O) groups is 1. The molecule has 2 heterocycles. The van der Waals surface area contributed by atoms with E-state index in [4.69, 9.17) is 11.6 Å². The Morgan fingerprint density at radius 3 is 2.80 bits per heavy atom. The van der Waals surface area contributed by atoms with Crippen LogP contribution in [0.15, 0.2) is 12.3 Å². The van der Waals surface area contributed by atoms with Gasteiger partial charge in [0.15, 0.2) is 0 Å². The highest BCUT2D eigenvalue weighted by atomic mass is 35.5. The van der Waals surface area contributed by atoms with Gasteiger partial charge in [-0.3, -0.25) is 14.9 Å². The SMILES string of the molecule is CC(C)N1CCC(Nc2ncc([N+](=O)[O-])cc2Cl)C1=O. The summed E-state index contributed by atoms with van der Waals surface area (Å²) in [6.45, 7) is 4.59. The highest BCUT2D eigenvalue weighted by molar-refractivity contribution is 6.33. The minimum absolute atomic E-state index is 0.00350. The number of amides is 1. The van der Waals surface area contributed by atoms with Crippen molar-refractivity contribution >= 4 is 29.0 Å². The lowest BCUT2D eigenvalue weighted by Crippen LogP contribution is -2.37. The van der Waals surface area contributed by atoms with E-state index in [1.54, 1.807) is 4.90 Å². The van der Waals surface area contributed by atoms with Crippen molar-refractivity contribution in [2.24, 2.45) is 0 Å². The first-order chi connectivity index (χ1) is 9.40. The van der Waals surface area contributed by atoms with E-state index in [0.29, 0.717) is 18.8 Å². The van der Waals surface area contributed by atoms with Gasteiger partial charge in [0.05, 0.1) is 9.95 Å². The molecule has 1 fully saturated rings. The minimum Gasteiger partial charge on any atom is -0.357 e. The smallest absolute Gasteiger partial charge is 0.289 e. The number of nitro groups is 1. The zero-order valence-corrected chi connectivity index (χ0v) is 11.9. The van der Waals surface area contributed by atoms with Crippen molar-refractivity contribution in [3.63, 3.8) is 0 Å². The van der Waals surface area contributed by atoms with Crippen molar-refractivity contribution < 1.29 is 9.72 Å². The second-order valence-electron chi connectivity index (χ2n) is 4.89. The van der Waals surface area contributed by atoms with Crippen molar-refractivity contribution in [3.05, 3.63) is 27.4 Å². The standard InChI is InChI=1S/C12H15ClN4O3/c1-7(2)16-4-3-10(12(16)18)15-11-9(13)5-8(6-14-11)17(19)20/h5-7,10H,3-4H2,1-2H3,(H,14,15). The fourth-order valence-corrected chi connectivity index (χ4v) is 2.36. The Morgan fingerprint density at radius 1 is 1.60 bits per heavy atom. The number of aromatic nitrogens is 1. The average Bonchev–Trinajstić information content (AvgIpc) is 2.73. The summed E-state index contributed by atoms with van der Waals surface area (Å²) in [6.07, 6.45) is 1.78. The second kappa shape index (κ2) is 5.62. The van der Waals surface area contributed by atoms with E-state index < -0.39 is 4.92 Å². The molecule has 0 radical (unpaired) electrons. The van der Waals surface area contributed by atoms with Crippen LogP contribution in [0.2, 0.25) is 5.02 Å². The quantitative estimate of drug-likeness (QED) is 0.679. The molecule has 1 N–H and O–H groups in total. The summed E-state index contributed by atoms with van der Waals surface area (Å²) in [4.78, 5) is 27.8. The predicted octanol–water partition coefficient (Wildman–Crippen LogP) is 2.06. The minimum atomic E-state index is -0.566. The van der Waals surface area contributed by atoms with Gasteiger partial charge in [0.1, 0.15) is 18.1 Å². The summed E-state index contributed by atoms with van der Waals surface area (Å²) < 4.78 is 0. The van der Waals surface area contributed by atoms with E-state index in [1.165, 1.54) is 6.07 Å². The molecule has 108 valence electrons. The Kier molecular flexibility index (Phi) is 4.08. The van der Waals surface area contributed by atoms with Crippen LogP contribution >= 0.6 is 11.6 Å². The van der Waals surface area contributed by atoms with Crippen molar-refractivity contribution in [2.45, 2.75) is 32.4 Å². The molecule has 1 aliphatic rings. The summed E-state index contributed by atoms with van der Waals surface area (Å²) in [6, 6.07) is 0.981. The third-order valence-electron chi connectivity index (χ3n) is 3.21. The Labute approximate surface area is 121 Å². The Morgan fingerprint density at radius 2 is 2.30 bits per heavy atom. The third-order valence-corrected chi connectivity index (χ3v) is 3.50. The fourth-order valence-electron chi connectivity index (χ4n) is 2.15. The molecule has 7 nitrogen and oxygen atoms in total. The van der Waals surface area contributed by atoms with Gasteiger partial charge in [0.25, 0.3) is 5.69 Å². The van der Waals surface area contributed by atoms with Crippen LogP contribution in [0.4, 0.5) is 11.5 Å². The van der Waals surface area contributed by atoms with Crippen LogP contribution in [-0.2, 0) is 4.79 Å². The number of anilines is 1. The number of nitrogens with one attached hydrogen (secondary N) is 1. The molecule has 0 aromatic carbocycles. The lowest BCUT2D eigenvalue weighted by atomic mass is 10.2. The predicted molar refractivity (Wildman–Crippen MR) is 74.8 cm³/mol. The van der Waals surface area contributed by atoms with Gasteiger partial charge in [-0.2, -0.15) is 0 Å². The summed E-state index contributed by atoms with van der Waals surface area (Å²) >= 11 is 5.94. The number of halogens is 1. The number of pyridine rings is 1. The topological polar surface area (TPSA) is 88.4 Å². The van der Waals surface area contributed by atoms with Gasteiger partial charge in [0.2, 0.25) is 5.91 Å². The summed E-state index contributed by atoms with van der Waals surface area (Å²) in [5.74, 6) is 0.289. The van der Waals surface area contributed by atoms with Crippen LogP contribution in [0.1, 0.15) is 20.3 Å². The summed E-state index contributed by atoms with van der Waals surface area (Å²) in [5, 5.41) is 13.7. The molecule has 1 unspecified atom stereocenters. The molecular weight excluding hydrogens is 284 g/mol. The molecule has 1 amide bonds. The number of nitrogens with zero attached hydrogens (tertiary/aromatic N) is 3. The van der Waals surface area contributed by atoms with Crippen LogP contribution in [0.5, 0.6) is 0 Å². The number of rotatable bonds is 4. The molecule has 2 rings (SSSR count). The molecule has 8 heteroatoms. The Balaban J connectivity index is 2.12. The van der Waals surface area contributed by atoms with Gasteiger partial charge in [-0.1, -0.05) is 11.6 Å². The zero-order chi connectivity index (χ0) is 14.9. The lowest BCUT2D eigenvalue weighted by molar-refractivity contribution is -0.385. The molecule has 20 heavy (non-hydrogen) atoms. The van der Waals surface area contributed by atoms with Gasteiger partial charge in [-0.05, 0) is 20.3 Å². The Bertz CT molecular complexity index is 550. The van der Waals surface area contributed by atoms with Crippen LogP contribution < -0.4 is 5.32 Å². The molecule has 0 saturated carbocycles. The third kappa shape index (κ3) is 2.82. The van der Waals surface area contributed by atoms with Crippen molar-refractivity contribution in [1.82, 2.24) is 9.88 Å². The fraction of sp³-hybridized carbons (Fsp3) is 0.500. The molecule has 1 atom stereocenters. The number of likely N-dealkylation sites (tertiary alicyclic amines) is 1. The van der Waals surface area contributed by atoms with Gasteiger partial charge in [-0.25, -0.2) is 4.98 Å². The molecule has 0 spiro atoms. The largest absolute Gasteiger partial charge is 0.357 e. The molecular formula is C12H15ClN4O3. The van der Waals surface area contributed by atoms with Crippen molar-refractivity contribution in [3.8, 4) is 0 Å². The normalized spacial score (nSPS) is 18.7. The van der Waals surface area contributed by atoms with E-state index in [9.17, 15) is 14.9 Å². The van der Waals surface area contributed by atoms with E-state index >= 15 is 0 Å². The van der Waals surface area contributed by atoms with Gasteiger partial charge in [-0.15, -0.1) is 0 Å². The zero-order valence-electron chi connectivity index (χ0n) is 11.2. The lowest BCUT2D eigenvalue weighted by Gasteiger charge is -2.21. The maximum absolute atomic E-state index is 12.1. The Hall–Kier alpha value is -1.89. The van der Waals surface area contributed by atoms with E-state index in [0.717, 1.165) is 6.20 Å². The molecule has 0 bridgehead atoms. The maximum atomic E-state index is 12.1. The van der Waals surface area contributed by atoms with Gasteiger partial charge < -0.3 is 10.2 Å². The monoisotopic (exact) mass is 298 g/mol. The van der Waals surface area contributed by atoms with Crippen molar-refractivity contribution in [1.29, 1.82) is 0 Å². The van der Waals surface area contributed by atoms with Crippen LogP contribution in [0.25, 0.3) is 0 Å². The molecule has 1 aromatic rings. The molecule has 1 saturated heterocycles. The van der Waals surface area contributed by atoms with Crippen LogP contribution in [0, 0.1) is 10.1 Å². The average molecular weight is 299 g/mol. The second-order valence-corrected chi connectivity index (χ2v) is 5.30. The van der Waals surface area contributed by atoms with E-state index in [2.05, 4.69) is 10.3 Å². The number of hydrogen-bond donors (Lipinski definition) is 1. The van der Waals surface area contributed by atoms with E-state index in [1.807, 2.05) is 13.8 Å². The van der Waals surface area contributed by atoms with E-state index in [-0.39, 0.29) is 28.7 Å². The van der Waals surface area contributed by atoms with Crippen molar-refractivity contribution in [2.75, 3.05) is 11.9 Å². The summed E-state index contributed by atoms with van der Waals surface area (Å²) in [5.41, 5.74) is -0.179. The highest BCUT2D eigenvalue weighted by Gasteiger charge is 2.33. The van der Waals surface area contributed by atoms with Gasteiger partial charge in [0, 0.05) is 18.7 Å². The molecule has 0 aliphatic carbocycles. The number of carbonyl (C=O) groups excluding carboxylic acids is 1. The first kappa shape index (κ1) is 14.5. The number of hydrogen-bond acceptors (Lipinski definition) is 5. The summed E-state index contributed by atoms with van der Waals surface area (Å²) in [7, 11) is 0. The first-order valence-electron chi connectivity index (χ1n) is 6.27. The first-order valence-corrected chi connectivity index (χ1v) is 6.65.